The fourth-order valence-electron chi connectivity index (χ4n) is 2.36. The van der Waals surface area contributed by atoms with Crippen molar-refractivity contribution in [2.75, 3.05) is 27.2 Å². The van der Waals surface area contributed by atoms with Crippen LogP contribution in [0.1, 0.15) is 12.0 Å². The Hall–Kier alpha value is -0.730. The van der Waals surface area contributed by atoms with E-state index in [0.717, 1.165) is 6.42 Å². The van der Waals surface area contributed by atoms with Crippen LogP contribution in [-0.4, -0.2) is 55.8 Å². The molecule has 2 rings (SSSR count). The first kappa shape index (κ1) is 16.6. The van der Waals surface area contributed by atoms with Crippen molar-refractivity contribution < 1.29 is 8.42 Å². The third kappa shape index (κ3) is 3.37. The Morgan fingerprint density at radius 3 is 2.62 bits per heavy atom. The van der Waals surface area contributed by atoms with Crippen LogP contribution in [0.2, 0.25) is 5.02 Å². The van der Waals surface area contributed by atoms with Crippen molar-refractivity contribution in [3.8, 4) is 0 Å². The van der Waals surface area contributed by atoms with Crippen molar-refractivity contribution in [3.63, 3.8) is 0 Å². The smallest absolute Gasteiger partial charge is 0.243 e. The van der Waals surface area contributed by atoms with E-state index >= 15 is 0 Å². The Morgan fingerprint density at radius 1 is 1.48 bits per heavy atom. The molecule has 1 saturated heterocycles. The molecule has 0 radical (unpaired) electrons. The summed E-state index contributed by atoms with van der Waals surface area (Å²) in [6, 6.07) is 4.70. The van der Waals surface area contributed by atoms with Gasteiger partial charge in [-0.2, -0.15) is 4.31 Å². The molecule has 116 valence electrons. The Kier molecular flexibility index (Phi) is 4.89. The first-order chi connectivity index (χ1) is 9.73. The maximum Gasteiger partial charge on any atom is 0.243 e. The maximum atomic E-state index is 12.6. The van der Waals surface area contributed by atoms with Crippen molar-refractivity contribution in [2.45, 2.75) is 17.4 Å². The van der Waals surface area contributed by atoms with Gasteiger partial charge in [0.05, 0.1) is 9.92 Å². The van der Waals surface area contributed by atoms with Crippen molar-refractivity contribution in [1.29, 1.82) is 0 Å². The van der Waals surface area contributed by atoms with E-state index in [1.54, 1.807) is 6.07 Å². The van der Waals surface area contributed by atoms with E-state index in [1.807, 2.05) is 19.0 Å². The Bertz CT molecular complexity index is 661. The zero-order chi connectivity index (χ0) is 15.8. The van der Waals surface area contributed by atoms with Crippen LogP contribution in [0.4, 0.5) is 0 Å². The van der Waals surface area contributed by atoms with E-state index in [1.165, 1.54) is 16.4 Å². The summed E-state index contributed by atoms with van der Waals surface area (Å²) in [5, 5.41) is 0.256. The molecule has 0 saturated carbocycles. The SMILES string of the molecule is CN(C)C1CCN(S(=O)(=O)c2ccc(C(N)=S)c(Cl)c2)C1. The summed E-state index contributed by atoms with van der Waals surface area (Å²) in [5.74, 6) is 0. The summed E-state index contributed by atoms with van der Waals surface area (Å²) in [7, 11) is 0.374. The van der Waals surface area contributed by atoms with E-state index in [4.69, 9.17) is 29.6 Å². The number of nitrogens with zero attached hydrogens (tertiary/aromatic N) is 2. The summed E-state index contributed by atoms with van der Waals surface area (Å²) in [6.45, 7) is 1.00. The number of thiocarbonyl (C=S) groups is 1. The molecule has 5 nitrogen and oxygen atoms in total. The van der Waals surface area contributed by atoms with Crippen molar-refractivity contribution >= 4 is 38.8 Å². The van der Waals surface area contributed by atoms with Crippen LogP contribution >= 0.6 is 23.8 Å². The van der Waals surface area contributed by atoms with Crippen LogP contribution in [0.25, 0.3) is 0 Å². The van der Waals surface area contributed by atoms with Gasteiger partial charge in [0.2, 0.25) is 10.0 Å². The zero-order valence-electron chi connectivity index (χ0n) is 11.9. The van der Waals surface area contributed by atoms with Crippen LogP contribution in [0.5, 0.6) is 0 Å². The molecule has 0 aliphatic carbocycles. The molecule has 1 aliphatic heterocycles. The predicted molar refractivity (Wildman–Crippen MR) is 88.2 cm³/mol. The van der Waals surface area contributed by atoms with E-state index in [-0.39, 0.29) is 20.9 Å². The van der Waals surface area contributed by atoms with Crippen LogP contribution in [-0.2, 0) is 10.0 Å². The molecule has 1 aromatic carbocycles. The lowest BCUT2D eigenvalue weighted by atomic mass is 10.2. The monoisotopic (exact) mass is 347 g/mol. The van der Waals surface area contributed by atoms with Gasteiger partial charge >= 0.3 is 0 Å². The van der Waals surface area contributed by atoms with Gasteiger partial charge in [-0.3, -0.25) is 0 Å². The molecule has 1 heterocycles. The van der Waals surface area contributed by atoms with Crippen LogP contribution in [0.15, 0.2) is 23.1 Å². The second-order valence-corrected chi connectivity index (χ2v) is 8.06. The predicted octanol–water partition coefficient (Wildman–Crippen LogP) is 1.30. The third-order valence-electron chi connectivity index (χ3n) is 3.70. The van der Waals surface area contributed by atoms with Crippen LogP contribution in [0, 0.1) is 0 Å². The van der Waals surface area contributed by atoms with Crippen LogP contribution < -0.4 is 5.73 Å². The lowest BCUT2D eigenvalue weighted by molar-refractivity contribution is 0.302. The van der Waals surface area contributed by atoms with Crippen molar-refractivity contribution in [1.82, 2.24) is 9.21 Å². The van der Waals surface area contributed by atoms with Gasteiger partial charge in [0.1, 0.15) is 4.99 Å². The van der Waals surface area contributed by atoms with Gasteiger partial charge in [-0.15, -0.1) is 0 Å². The second-order valence-electron chi connectivity index (χ2n) is 5.28. The van der Waals surface area contributed by atoms with Gasteiger partial charge in [0, 0.05) is 24.7 Å². The highest BCUT2D eigenvalue weighted by Crippen LogP contribution is 2.26. The molecule has 1 unspecified atom stereocenters. The first-order valence-electron chi connectivity index (χ1n) is 6.49. The number of nitrogens with two attached hydrogens (primary N) is 1. The quantitative estimate of drug-likeness (QED) is 0.831. The van der Waals surface area contributed by atoms with E-state index in [9.17, 15) is 8.42 Å². The van der Waals surface area contributed by atoms with Crippen molar-refractivity contribution in [3.05, 3.63) is 28.8 Å². The minimum absolute atomic E-state index is 0.151. The summed E-state index contributed by atoms with van der Waals surface area (Å²) in [5.41, 5.74) is 6.01. The Balaban J connectivity index is 2.29. The lowest BCUT2D eigenvalue weighted by Crippen LogP contribution is -2.34. The number of rotatable bonds is 4. The van der Waals surface area contributed by atoms with E-state index in [2.05, 4.69) is 0 Å². The molecule has 8 heteroatoms. The molecular weight excluding hydrogens is 330 g/mol. The highest BCUT2D eigenvalue weighted by atomic mass is 35.5. The molecule has 21 heavy (non-hydrogen) atoms. The molecular formula is C13H18ClN3O2S2. The van der Waals surface area contributed by atoms with E-state index < -0.39 is 10.0 Å². The zero-order valence-corrected chi connectivity index (χ0v) is 14.3. The minimum atomic E-state index is -3.53. The van der Waals surface area contributed by atoms with Gasteiger partial charge in [0.25, 0.3) is 0 Å². The number of sulfonamides is 1. The number of hydrogen-bond acceptors (Lipinski definition) is 4. The number of benzene rings is 1. The summed E-state index contributed by atoms with van der Waals surface area (Å²) in [6.07, 6.45) is 0.824. The molecule has 2 N–H and O–H groups in total. The number of likely N-dealkylation sites (N-methyl/N-ethyl adjacent to an activating group) is 1. The molecule has 1 atom stereocenters. The molecule has 0 aromatic heterocycles. The number of halogens is 1. The standard InChI is InChI=1S/C13H18ClN3O2S2/c1-16(2)9-5-6-17(8-9)21(18,19)10-3-4-11(13(15)20)12(14)7-10/h3-4,7,9H,5-6,8H2,1-2H3,(H2,15,20). The van der Waals surface area contributed by atoms with E-state index in [0.29, 0.717) is 18.7 Å². The first-order valence-corrected chi connectivity index (χ1v) is 8.72. The topological polar surface area (TPSA) is 66.6 Å². The summed E-state index contributed by atoms with van der Waals surface area (Å²) in [4.78, 5) is 2.36. The highest BCUT2D eigenvalue weighted by Gasteiger charge is 2.33. The molecule has 0 spiro atoms. The lowest BCUT2D eigenvalue weighted by Gasteiger charge is -2.20. The van der Waals surface area contributed by atoms with Gasteiger partial charge in [-0.1, -0.05) is 23.8 Å². The Morgan fingerprint density at radius 2 is 2.14 bits per heavy atom. The van der Waals surface area contributed by atoms with Gasteiger partial charge in [0.15, 0.2) is 0 Å². The average Bonchev–Trinajstić information content (AvgIpc) is 2.88. The fourth-order valence-corrected chi connectivity index (χ4v) is 4.46. The van der Waals surface area contributed by atoms with Gasteiger partial charge in [-0.25, -0.2) is 8.42 Å². The summed E-state index contributed by atoms with van der Waals surface area (Å²) < 4.78 is 26.7. The molecule has 1 fully saturated rings. The normalized spacial score (nSPS) is 20.1. The molecule has 1 aliphatic rings. The maximum absolute atomic E-state index is 12.6. The fraction of sp³-hybridized carbons (Fsp3) is 0.462. The molecule has 1 aromatic rings. The van der Waals surface area contributed by atoms with Crippen LogP contribution in [0.3, 0.4) is 0 Å². The number of hydrogen-bond donors (Lipinski definition) is 1. The highest BCUT2D eigenvalue weighted by molar-refractivity contribution is 7.89. The Labute approximate surface area is 135 Å². The van der Waals surface area contributed by atoms with Crippen molar-refractivity contribution in [2.24, 2.45) is 5.73 Å². The molecule has 0 amide bonds. The summed E-state index contributed by atoms with van der Waals surface area (Å²) >= 11 is 10.9. The third-order valence-corrected chi connectivity index (χ3v) is 6.09. The second kappa shape index (κ2) is 6.18. The average molecular weight is 348 g/mol. The van der Waals surface area contributed by atoms with Gasteiger partial charge < -0.3 is 10.6 Å². The molecule has 0 bridgehead atoms. The minimum Gasteiger partial charge on any atom is -0.389 e. The largest absolute Gasteiger partial charge is 0.389 e. The van der Waals surface area contributed by atoms with Gasteiger partial charge in [-0.05, 0) is 38.7 Å².